The summed E-state index contributed by atoms with van der Waals surface area (Å²) in [4.78, 5) is 0. The van der Waals surface area contributed by atoms with Gasteiger partial charge in [0.05, 0.1) is 5.56 Å². The zero-order valence-corrected chi connectivity index (χ0v) is 10.9. The predicted molar refractivity (Wildman–Crippen MR) is 73.8 cm³/mol. The fourth-order valence-electron chi connectivity index (χ4n) is 1.88. The highest BCUT2D eigenvalue weighted by Crippen LogP contribution is 2.35. The molecule has 3 rings (SSSR count). The fraction of sp³-hybridized carbons (Fsp3) is 0. The molecule has 18 heavy (non-hydrogen) atoms. The summed E-state index contributed by atoms with van der Waals surface area (Å²) in [5.41, 5.74) is 8.57. The van der Waals surface area contributed by atoms with Crippen molar-refractivity contribution in [1.82, 2.24) is 10.2 Å². The minimum Gasteiger partial charge on any atom is -0.448 e. The molecule has 0 saturated heterocycles. The number of benzene rings is 1. The molecular weight excluding hydrogens is 294 g/mol. The highest BCUT2D eigenvalue weighted by atomic mass is 79.9. The van der Waals surface area contributed by atoms with E-state index in [1.165, 1.54) is 0 Å². The molecule has 0 aliphatic rings. The normalized spacial score (nSPS) is 10.7. The molecule has 0 fully saturated rings. The Bertz CT molecular complexity index is 673. The van der Waals surface area contributed by atoms with E-state index in [0.717, 1.165) is 16.8 Å². The minimum atomic E-state index is 0.462. The van der Waals surface area contributed by atoms with Crippen LogP contribution in [-0.2, 0) is 0 Å². The van der Waals surface area contributed by atoms with Crippen molar-refractivity contribution in [2.75, 3.05) is 5.73 Å². The summed E-state index contributed by atoms with van der Waals surface area (Å²) in [7, 11) is 0. The third-order valence-corrected chi connectivity index (χ3v) is 3.10. The van der Waals surface area contributed by atoms with Crippen molar-refractivity contribution in [2.45, 2.75) is 0 Å². The number of nitrogens with two attached hydrogens (primary N) is 1. The lowest BCUT2D eigenvalue weighted by Crippen LogP contribution is -1.88. The summed E-state index contributed by atoms with van der Waals surface area (Å²) in [6.07, 6.45) is 0. The van der Waals surface area contributed by atoms with Gasteiger partial charge < -0.3 is 10.2 Å². The zero-order chi connectivity index (χ0) is 12.5. The van der Waals surface area contributed by atoms with Crippen molar-refractivity contribution in [2.24, 2.45) is 0 Å². The third-order valence-electron chi connectivity index (χ3n) is 2.68. The second-order valence-corrected chi connectivity index (χ2v) is 4.61. The Kier molecular flexibility index (Phi) is 2.68. The molecule has 2 heterocycles. The summed E-state index contributed by atoms with van der Waals surface area (Å²) in [6, 6.07) is 13.6. The van der Waals surface area contributed by atoms with E-state index in [1.54, 1.807) is 0 Å². The lowest BCUT2D eigenvalue weighted by Gasteiger charge is -2.01. The van der Waals surface area contributed by atoms with Crippen LogP contribution in [0.25, 0.3) is 22.6 Å². The Labute approximate surface area is 112 Å². The van der Waals surface area contributed by atoms with E-state index in [2.05, 4.69) is 26.1 Å². The van der Waals surface area contributed by atoms with Gasteiger partial charge in [0.1, 0.15) is 5.69 Å². The number of nitrogens with one attached hydrogen (secondary N) is 1. The van der Waals surface area contributed by atoms with Gasteiger partial charge in [-0.2, -0.15) is 5.10 Å². The largest absolute Gasteiger partial charge is 0.448 e. The molecule has 90 valence electrons. The molecule has 5 heteroatoms. The monoisotopic (exact) mass is 303 g/mol. The van der Waals surface area contributed by atoms with Gasteiger partial charge >= 0.3 is 0 Å². The topological polar surface area (TPSA) is 67.8 Å². The number of furan rings is 1. The number of H-pyrrole nitrogens is 1. The Balaban J connectivity index is 2.18. The Hall–Kier alpha value is -2.01. The van der Waals surface area contributed by atoms with Gasteiger partial charge in [0, 0.05) is 0 Å². The highest BCUT2D eigenvalue weighted by Gasteiger charge is 2.16. The summed E-state index contributed by atoms with van der Waals surface area (Å²) < 4.78 is 6.21. The lowest BCUT2D eigenvalue weighted by molar-refractivity contribution is 0.553. The first-order valence-electron chi connectivity index (χ1n) is 5.40. The summed E-state index contributed by atoms with van der Waals surface area (Å²) in [5.74, 6) is 1.16. The van der Waals surface area contributed by atoms with Gasteiger partial charge in [-0.05, 0) is 33.6 Å². The molecule has 0 saturated carbocycles. The smallest absolute Gasteiger partial charge is 0.169 e. The molecular formula is C13H10BrN3O. The second-order valence-electron chi connectivity index (χ2n) is 3.83. The molecule has 1 aromatic carbocycles. The molecule has 3 N–H and O–H groups in total. The SMILES string of the molecule is Nc1n[nH]c(-c2ccc(Br)o2)c1-c1ccccc1. The Morgan fingerprint density at radius 3 is 2.56 bits per heavy atom. The number of halogens is 1. The number of anilines is 1. The molecule has 0 spiro atoms. The van der Waals surface area contributed by atoms with Crippen molar-refractivity contribution in [1.29, 1.82) is 0 Å². The standard InChI is InChI=1S/C13H10BrN3O/c14-10-7-6-9(18-10)12-11(13(15)17-16-12)8-4-2-1-3-5-8/h1-7H,(H3,15,16,17). The van der Waals surface area contributed by atoms with Crippen molar-refractivity contribution in [3.63, 3.8) is 0 Å². The van der Waals surface area contributed by atoms with Gasteiger partial charge in [-0.1, -0.05) is 30.3 Å². The third kappa shape index (κ3) is 1.82. The van der Waals surface area contributed by atoms with Gasteiger partial charge in [0.15, 0.2) is 16.2 Å². The fourth-order valence-corrected chi connectivity index (χ4v) is 2.19. The lowest BCUT2D eigenvalue weighted by atomic mass is 10.0. The van der Waals surface area contributed by atoms with Crippen molar-refractivity contribution >= 4 is 21.7 Å². The van der Waals surface area contributed by atoms with Gasteiger partial charge in [0.25, 0.3) is 0 Å². The highest BCUT2D eigenvalue weighted by molar-refractivity contribution is 9.10. The van der Waals surface area contributed by atoms with E-state index in [-0.39, 0.29) is 0 Å². The zero-order valence-electron chi connectivity index (χ0n) is 9.35. The van der Waals surface area contributed by atoms with Crippen LogP contribution in [0.15, 0.2) is 51.6 Å². The number of hydrogen-bond donors (Lipinski definition) is 2. The maximum atomic E-state index is 5.92. The van der Waals surface area contributed by atoms with E-state index in [1.807, 2.05) is 42.5 Å². The van der Waals surface area contributed by atoms with Crippen molar-refractivity contribution in [3.8, 4) is 22.6 Å². The van der Waals surface area contributed by atoms with Gasteiger partial charge in [-0.15, -0.1) is 0 Å². The van der Waals surface area contributed by atoms with Crippen LogP contribution in [0.2, 0.25) is 0 Å². The number of nitrogens with zero attached hydrogens (tertiary/aromatic N) is 1. The first-order chi connectivity index (χ1) is 8.75. The van der Waals surface area contributed by atoms with Crippen LogP contribution < -0.4 is 5.73 Å². The molecule has 0 aliphatic carbocycles. The van der Waals surface area contributed by atoms with Crippen LogP contribution in [0.3, 0.4) is 0 Å². The number of hydrogen-bond acceptors (Lipinski definition) is 3. The van der Waals surface area contributed by atoms with Gasteiger partial charge in [-0.25, -0.2) is 0 Å². The number of rotatable bonds is 2. The molecule has 0 amide bonds. The number of aromatic amines is 1. The van der Waals surface area contributed by atoms with E-state index in [0.29, 0.717) is 16.2 Å². The molecule has 0 bridgehead atoms. The Morgan fingerprint density at radius 1 is 1.11 bits per heavy atom. The maximum Gasteiger partial charge on any atom is 0.169 e. The first-order valence-corrected chi connectivity index (χ1v) is 6.20. The molecule has 2 aromatic heterocycles. The Morgan fingerprint density at radius 2 is 1.89 bits per heavy atom. The van der Waals surface area contributed by atoms with Crippen LogP contribution >= 0.6 is 15.9 Å². The van der Waals surface area contributed by atoms with E-state index in [9.17, 15) is 0 Å². The quantitative estimate of drug-likeness (QED) is 0.759. The van der Waals surface area contributed by atoms with Crippen LogP contribution in [0.1, 0.15) is 0 Å². The van der Waals surface area contributed by atoms with Gasteiger partial charge in [0.2, 0.25) is 0 Å². The number of aromatic nitrogens is 2. The predicted octanol–water partition coefficient (Wildman–Crippen LogP) is 3.68. The molecule has 4 nitrogen and oxygen atoms in total. The van der Waals surface area contributed by atoms with Crippen LogP contribution in [0, 0.1) is 0 Å². The first kappa shape index (κ1) is 11.1. The minimum absolute atomic E-state index is 0.462. The van der Waals surface area contributed by atoms with Crippen LogP contribution in [0.5, 0.6) is 0 Å². The van der Waals surface area contributed by atoms with Crippen molar-refractivity contribution < 1.29 is 4.42 Å². The van der Waals surface area contributed by atoms with Crippen LogP contribution in [0.4, 0.5) is 5.82 Å². The van der Waals surface area contributed by atoms with Crippen molar-refractivity contribution in [3.05, 3.63) is 47.1 Å². The van der Waals surface area contributed by atoms with Gasteiger partial charge in [-0.3, -0.25) is 5.10 Å². The second kappa shape index (κ2) is 4.34. The summed E-state index contributed by atoms with van der Waals surface area (Å²) >= 11 is 3.28. The van der Waals surface area contributed by atoms with E-state index in [4.69, 9.17) is 10.2 Å². The maximum absolute atomic E-state index is 5.92. The molecule has 0 unspecified atom stereocenters. The van der Waals surface area contributed by atoms with Crippen LogP contribution in [-0.4, -0.2) is 10.2 Å². The number of nitrogen functional groups attached to an aromatic ring is 1. The van der Waals surface area contributed by atoms with E-state index >= 15 is 0 Å². The van der Waals surface area contributed by atoms with E-state index < -0.39 is 0 Å². The molecule has 0 atom stereocenters. The average molecular weight is 304 g/mol. The molecule has 0 radical (unpaired) electrons. The molecule has 3 aromatic rings. The molecule has 0 aliphatic heterocycles. The summed E-state index contributed by atoms with van der Waals surface area (Å²) in [5, 5.41) is 6.97. The average Bonchev–Trinajstić information content (AvgIpc) is 2.96. The summed E-state index contributed by atoms with van der Waals surface area (Å²) in [6.45, 7) is 0.